The van der Waals surface area contributed by atoms with Gasteiger partial charge in [-0.25, -0.2) is 8.42 Å². The molecule has 0 aromatic heterocycles. The Labute approximate surface area is 101 Å². The third kappa shape index (κ3) is 5.88. The average molecular weight is 298 g/mol. The molecule has 0 aromatic rings. The highest BCUT2D eigenvalue weighted by atomic mass is 79.9. The van der Waals surface area contributed by atoms with Crippen molar-refractivity contribution in [3.63, 3.8) is 0 Å². The summed E-state index contributed by atoms with van der Waals surface area (Å²) in [6.07, 6.45) is 4.59. The van der Waals surface area contributed by atoms with E-state index in [0.29, 0.717) is 5.75 Å². The zero-order valence-electron chi connectivity index (χ0n) is 9.28. The molecule has 0 aliphatic carbocycles. The zero-order chi connectivity index (χ0) is 11.3. The molecule has 1 rings (SSSR count). The topological polar surface area (TPSA) is 37.4 Å². The third-order valence-corrected chi connectivity index (χ3v) is 4.36. The zero-order valence-corrected chi connectivity index (χ0v) is 11.7. The van der Waals surface area contributed by atoms with Crippen molar-refractivity contribution < 1.29 is 8.42 Å². The fraction of sp³-hybridized carbons (Fsp3) is 1.00. The minimum Gasteiger partial charge on any atom is -0.303 e. The summed E-state index contributed by atoms with van der Waals surface area (Å²) in [5.74, 6) is 1.13. The summed E-state index contributed by atoms with van der Waals surface area (Å²) < 4.78 is 21.9. The van der Waals surface area contributed by atoms with E-state index in [1.54, 1.807) is 0 Å². The van der Waals surface area contributed by atoms with Crippen molar-refractivity contribution in [2.45, 2.75) is 19.3 Å². The Morgan fingerprint density at radius 3 is 2.80 bits per heavy atom. The molecule has 0 spiro atoms. The molecule has 5 heteroatoms. The van der Waals surface area contributed by atoms with Crippen LogP contribution in [0.2, 0.25) is 0 Å². The van der Waals surface area contributed by atoms with E-state index in [-0.39, 0.29) is 0 Å². The largest absolute Gasteiger partial charge is 0.303 e. The number of sulfone groups is 1. The fourth-order valence-corrected chi connectivity index (χ4v) is 3.36. The van der Waals surface area contributed by atoms with Gasteiger partial charge >= 0.3 is 0 Å². The van der Waals surface area contributed by atoms with Crippen LogP contribution in [0.1, 0.15) is 19.3 Å². The monoisotopic (exact) mass is 297 g/mol. The SMILES string of the molecule is CS(=O)(=O)CCCN1CCC(CCBr)C1. The van der Waals surface area contributed by atoms with Gasteiger partial charge in [0.25, 0.3) is 0 Å². The smallest absolute Gasteiger partial charge is 0.147 e. The number of rotatable bonds is 6. The lowest BCUT2D eigenvalue weighted by molar-refractivity contribution is 0.324. The Hall–Kier alpha value is 0.390. The van der Waals surface area contributed by atoms with E-state index in [1.165, 1.54) is 19.1 Å². The normalized spacial score (nSPS) is 23.5. The van der Waals surface area contributed by atoms with Gasteiger partial charge < -0.3 is 4.90 Å². The van der Waals surface area contributed by atoms with Crippen molar-refractivity contribution in [2.75, 3.05) is 37.0 Å². The molecule has 1 aliphatic heterocycles. The summed E-state index contributed by atoms with van der Waals surface area (Å²) in [7, 11) is -2.77. The first-order chi connectivity index (χ1) is 7.01. The second-order valence-corrected chi connectivity index (χ2v) is 7.47. The molecule has 0 amide bonds. The average Bonchev–Trinajstić information content (AvgIpc) is 2.51. The summed E-state index contributed by atoms with van der Waals surface area (Å²) in [5, 5.41) is 1.08. The Bertz CT molecular complexity index is 279. The highest BCUT2D eigenvalue weighted by molar-refractivity contribution is 9.09. The van der Waals surface area contributed by atoms with Crippen molar-refractivity contribution in [1.82, 2.24) is 4.90 Å². The second-order valence-electron chi connectivity index (χ2n) is 4.42. The minimum absolute atomic E-state index is 0.326. The van der Waals surface area contributed by atoms with Gasteiger partial charge in [-0.05, 0) is 38.3 Å². The van der Waals surface area contributed by atoms with E-state index in [0.717, 1.165) is 37.3 Å². The number of hydrogen-bond donors (Lipinski definition) is 0. The maximum absolute atomic E-state index is 10.9. The number of hydrogen-bond acceptors (Lipinski definition) is 3. The van der Waals surface area contributed by atoms with Gasteiger partial charge in [0.1, 0.15) is 9.84 Å². The summed E-state index contributed by atoms with van der Waals surface area (Å²) in [6.45, 7) is 3.22. The lowest BCUT2D eigenvalue weighted by atomic mass is 10.1. The molecule has 3 nitrogen and oxygen atoms in total. The summed E-state index contributed by atoms with van der Waals surface area (Å²) >= 11 is 3.46. The first kappa shape index (κ1) is 13.5. The number of alkyl halides is 1. The van der Waals surface area contributed by atoms with E-state index in [1.807, 2.05) is 0 Å². The van der Waals surface area contributed by atoms with Gasteiger partial charge in [0, 0.05) is 18.1 Å². The highest BCUT2D eigenvalue weighted by Gasteiger charge is 2.21. The quantitative estimate of drug-likeness (QED) is 0.698. The van der Waals surface area contributed by atoms with Crippen molar-refractivity contribution in [3.05, 3.63) is 0 Å². The molecular weight excluding hydrogens is 278 g/mol. The van der Waals surface area contributed by atoms with Crippen LogP contribution in [0.5, 0.6) is 0 Å². The van der Waals surface area contributed by atoms with Crippen LogP contribution in [-0.4, -0.2) is 50.3 Å². The van der Waals surface area contributed by atoms with Crippen LogP contribution in [0.25, 0.3) is 0 Å². The van der Waals surface area contributed by atoms with E-state index < -0.39 is 9.84 Å². The molecule has 0 bridgehead atoms. The van der Waals surface area contributed by atoms with Crippen molar-refractivity contribution >= 4 is 25.8 Å². The first-order valence-corrected chi connectivity index (χ1v) is 8.65. The molecule has 0 saturated carbocycles. The fourth-order valence-electron chi connectivity index (χ4n) is 2.06. The summed E-state index contributed by atoms with van der Waals surface area (Å²) in [6, 6.07) is 0. The third-order valence-electron chi connectivity index (χ3n) is 2.88. The van der Waals surface area contributed by atoms with Crippen LogP contribution in [0.4, 0.5) is 0 Å². The van der Waals surface area contributed by atoms with E-state index >= 15 is 0 Å². The number of likely N-dealkylation sites (tertiary alicyclic amines) is 1. The molecule has 1 heterocycles. The Balaban J connectivity index is 2.14. The first-order valence-electron chi connectivity index (χ1n) is 5.47. The number of nitrogens with zero attached hydrogens (tertiary/aromatic N) is 1. The molecule has 1 aliphatic rings. The van der Waals surface area contributed by atoms with Gasteiger partial charge in [0.15, 0.2) is 0 Å². The van der Waals surface area contributed by atoms with Gasteiger partial charge in [-0.1, -0.05) is 15.9 Å². The minimum atomic E-state index is -2.77. The molecule has 0 radical (unpaired) electrons. The highest BCUT2D eigenvalue weighted by Crippen LogP contribution is 2.20. The van der Waals surface area contributed by atoms with Gasteiger partial charge in [0.05, 0.1) is 5.75 Å². The molecule has 15 heavy (non-hydrogen) atoms. The molecule has 90 valence electrons. The maximum atomic E-state index is 10.9. The van der Waals surface area contributed by atoms with Crippen LogP contribution < -0.4 is 0 Å². The van der Waals surface area contributed by atoms with Crippen LogP contribution in [0, 0.1) is 5.92 Å². The van der Waals surface area contributed by atoms with Gasteiger partial charge in [0.2, 0.25) is 0 Å². The summed E-state index contributed by atoms with van der Waals surface area (Å²) in [4.78, 5) is 2.39. The van der Waals surface area contributed by atoms with Gasteiger partial charge in [-0.2, -0.15) is 0 Å². The van der Waals surface area contributed by atoms with Gasteiger partial charge in [-0.3, -0.25) is 0 Å². The molecule has 1 saturated heterocycles. The predicted octanol–water partition coefficient (Wildman–Crippen LogP) is 1.53. The molecule has 1 atom stereocenters. The molecule has 1 unspecified atom stereocenters. The predicted molar refractivity (Wildman–Crippen MR) is 67.3 cm³/mol. The van der Waals surface area contributed by atoms with Crippen LogP contribution in [0.15, 0.2) is 0 Å². The van der Waals surface area contributed by atoms with Crippen LogP contribution >= 0.6 is 15.9 Å². The molecular formula is C10H20BrNO2S. The van der Waals surface area contributed by atoms with E-state index in [4.69, 9.17) is 0 Å². The standard InChI is InChI=1S/C10H20BrNO2S/c1-15(13,14)8-2-6-12-7-4-10(9-12)3-5-11/h10H,2-9H2,1H3. The van der Waals surface area contributed by atoms with E-state index in [9.17, 15) is 8.42 Å². The maximum Gasteiger partial charge on any atom is 0.147 e. The number of halogens is 1. The van der Waals surface area contributed by atoms with Crippen molar-refractivity contribution in [2.24, 2.45) is 5.92 Å². The lowest BCUT2D eigenvalue weighted by Gasteiger charge is -2.15. The molecule has 0 aromatic carbocycles. The van der Waals surface area contributed by atoms with Crippen molar-refractivity contribution in [3.8, 4) is 0 Å². The Morgan fingerprint density at radius 2 is 2.20 bits per heavy atom. The Kier molecular flexibility index (Phi) is 5.57. The molecule has 0 N–H and O–H groups in total. The second kappa shape index (κ2) is 6.21. The lowest BCUT2D eigenvalue weighted by Crippen LogP contribution is -2.23. The Morgan fingerprint density at radius 1 is 1.47 bits per heavy atom. The molecule has 1 fully saturated rings. The summed E-state index contributed by atoms with van der Waals surface area (Å²) in [5.41, 5.74) is 0. The van der Waals surface area contributed by atoms with Crippen LogP contribution in [0.3, 0.4) is 0 Å². The van der Waals surface area contributed by atoms with Crippen LogP contribution in [-0.2, 0) is 9.84 Å². The van der Waals surface area contributed by atoms with E-state index in [2.05, 4.69) is 20.8 Å². The van der Waals surface area contributed by atoms with Gasteiger partial charge in [-0.15, -0.1) is 0 Å². The van der Waals surface area contributed by atoms with Crippen molar-refractivity contribution in [1.29, 1.82) is 0 Å².